The number of hydrogen-bond acceptors (Lipinski definition) is 2. The SMILES string of the molecule is O=C(NC1CCCCC1)C1CCC(C(=O)NC2CCCC2)CC1. The molecule has 130 valence electrons. The van der Waals surface area contributed by atoms with Gasteiger partial charge in [-0.2, -0.15) is 0 Å². The zero-order valence-corrected chi connectivity index (χ0v) is 14.3. The first kappa shape index (κ1) is 16.8. The fourth-order valence-corrected chi connectivity index (χ4v) is 4.57. The Labute approximate surface area is 140 Å². The number of amides is 2. The van der Waals surface area contributed by atoms with E-state index in [1.165, 1.54) is 32.1 Å². The molecule has 4 heteroatoms. The minimum absolute atomic E-state index is 0.132. The Hall–Kier alpha value is -1.06. The van der Waals surface area contributed by atoms with Crippen LogP contribution in [0.5, 0.6) is 0 Å². The van der Waals surface area contributed by atoms with E-state index in [-0.39, 0.29) is 23.7 Å². The lowest BCUT2D eigenvalue weighted by Crippen LogP contribution is -2.43. The second-order valence-corrected chi connectivity index (χ2v) is 7.88. The molecule has 0 spiro atoms. The standard InChI is InChI=1S/C19H32N2O2/c22-18(20-16-6-2-1-3-7-16)14-10-12-15(13-11-14)19(23)21-17-8-4-5-9-17/h14-17H,1-13H2,(H,20,22)(H,21,23). The highest BCUT2D eigenvalue weighted by atomic mass is 16.2. The second kappa shape index (κ2) is 8.16. The summed E-state index contributed by atoms with van der Waals surface area (Å²) in [6.45, 7) is 0. The minimum atomic E-state index is 0.132. The molecule has 2 amide bonds. The van der Waals surface area contributed by atoms with Crippen molar-refractivity contribution in [3.8, 4) is 0 Å². The lowest BCUT2D eigenvalue weighted by Gasteiger charge is -2.30. The number of nitrogens with one attached hydrogen (secondary N) is 2. The van der Waals surface area contributed by atoms with E-state index < -0.39 is 0 Å². The topological polar surface area (TPSA) is 58.2 Å². The maximum absolute atomic E-state index is 12.4. The van der Waals surface area contributed by atoms with Gasteiger partial charge in [0.15, 0.2) is 0 Å². The van der Waals surface area contributed by atoms with E-state index in [1.54, 1.807) is 0 Å². The van der Waals surface area contributed by atoms with Gasteiger partial charge < -0.3 is 10.6 Å². The van der Waals surface area contributed by atoms with E-state index >= 15 is 0 Å². The summed E-state index contributed by atoms with van der Waals surface area (Å²) in [5.41, 5.74) is 0. The summed E-state index contributed by atoms with van der Waals surface area (Å²) in [6, 6.07) is 0.814. The molecule has 23 heavy (non-hydrogen) atoms. The molecule has 0 aromatic rings. The maximum Gasteiger partial charge on any atom is 0.223 e. The highest BCUT2D eigenvalue weighted by Crippen LogP contribution is 2.30. The molecule has 4 nitrogen and oxygen atoms in total. The average molecular weight is 320 g/mol. The Balaban J connectivity index is 1.38. The van der Waals surface area contributed by atoms with Crippen LogP contribution in [0, 0.1) is 11.8 Å². The van der Waals surface area contributed by atoms with Crippen LogP contribution in [0.3, 0.4) is 0 Å². The first-order valence-corrected chi connectivity index (χ1v) is 9.83. The number of rotatable bonds is 4. The molecule has 2 N–H and O–H groups in total. The van der Waals surface area contributed by atoms with Crippen LogP contribution in [-0.2, 0) is 9.59 Å². The normalized spacial score (nSPS) is 30.1. The fourth-order valence-electron chi connectivity index (χ4n) is 4.57. The van der Waals surface area contributed by atoms with Crippen molar-refractivity contribution < 1.29 is 9.59 Å². The van der Waals surface area contributed by atoms with E-state index in [0.717, 1.165) is 51.4 Å². The van der Waals surface area contributed by atoms with Crippen molar-refractivity contribution in [2.45, 2.75) is 95.6 Å². The quantitative estimate of drug-likeness (QED) is 0.835. The van der Waals surface area contributed by atoms with Crippen LogP contribution < -0.4 is 10.6 Å². The van der Waals surface area contributed by atoms with Gasteiger partial charge in [0.05, 0.1) is 0 Å². The van der Waals surface area contributed by atoms with E-state index in [0.29, 0.717) is 12.1 Å². The van der Waals surface area contributed by atoms with Crippen molar-refractivity contribution in [3.05, 3.63) is 0 Å². The summed E-state index contributed by atoms with van der Waals surface area (Å²) < 4.78 is 0. The molecule has 0 atom stereocenters. The molecule has 3 fully saturated rings. The molecule has 0 bridgehead atoms. The molecular weight excluding hydrogens is 288 g/mol. The van der Waals surface area contributed by atoms with Crippen molar-refractivity contribution >= 4 is 11.8 Å². The molecule has 0 heterocycles. The Morgan fingerprint density at radius 1 is 0.522 bits per heavy atom. The van der Waals surface area contributed by atoms with Crippen LogP contribution in [0.25, 0.3) is 0 Å². The molecule has 0 aliphatic heterocycles. The third-order valence-corrected chi connectivity index (χ3v) is 6.12. The Morgan fingerprint density at radius 2 is 0.870 bits per heavy atom. The van der Waals surface area contributed by atoms with Crippen molar-refractivity contribution in [2.24, 2.45) is 11.8 Å². The smallest absolute Gasteiger partial charge is 0.223 e. The van der Waals surface area contributed by atoms with E-state index in [4.69, 9.17) is 0 Å². The van der Waals surface area contributed by atoms with Gasteiger partial charge in [-0.3, -0.25) is 9.59 Å². The maximum atomic E-state index is 12.4. The van der Waals surface area contributed by atoms with Gasteiger partial charge in [0.2, 0.25) is 11.8 Å². The molecular formula is C19H32N2O2. The molecule has 3 saturated carbocycles. The minimum Gasteiger partial charge on any atom is -0.353 e. The summed E-state index contributed by atoms with van der Waals surface area (Å²) in [5.74, 6) is 0.747. The highest BCUT2D eigenvalue weighted by molar-refractivity contribution is 5.81. The summed E-state index contributed by atoms with van der Waals surface area (Å²) in [5, 5.41) is 6.47. The van der Waals surface area contributed by atoms with Gasteiger partial charge in [-0.25, -0.2) is 0 Å². The van der Waals surface area contributed by atoms with Crippen LogP contribution >= 0.6 is 0 Å². The zero-order valence-electron chi connectivity index (χ0n) is 14.3. The van der Waals surface area contributed by atoms with Gasteiger partial charge >= 0.3 is 0 Å². The molecule has 3 aliphatic rings. The molecule has 0 unspecified atom stereocenters. The lowest BCUT2D eigenvalue weighted by atomic mass is 9.80. The van der Waals surface area contributed by atoms with Crippen molar-refractivity contribution in [1.82, 2.24) is 10.6 Å². The van der Waals surface area contributed by atoms with Gasteiger partial charge in [-0.1, -0.05) is 32.1 Å². The third-order valence-electron chi connectivity index (χ3n) is 6.12. The van der Waals surface area contributed by atoms with Crippen molar-refractivity contribution in [3.63, 3.8) is 0 Å². The molecule has 0 aromatic heterocycles. The monoisotopic (exact) mass is 320 g/mol. The van der Waals surface area contributed by atoms with E-state index in [2.05, 4.69) is 10.6 Å². The zero-order chi connectivity index (χ0) is 16.1. The summed E-state index contributed by atoms with van der Waals surface area (Å²) in [6.07, 6.45) is 14.4. The van der Waals surface area contributed by atoms with Crippen molar-refractivity contribution in [1.29, 1.82) is 0 Å². The van der Waals surface area contributed by atoms with Crippen molar-refractivity contribution in [2.75, 3.05) is 0 Å². The molecule has 0 aromatic carbocycles. The number of carbonyl (C=O) groups is 2. The van der Waals surface area contributed by atoms with Gasteiger partial charge in [0, 0.05) is 23.9 Å². The molecule has 0 saturated heterocycles. The van der Waals surface area contributed by atoms with Crippen LogP contribution in [0.15, 0.2) is 0 Å². The molecule has 3 rings (SSSR count). The number of hydrogen-bond donors (Lipinski definition) is 2. The summed E-state index contributed by atoms with van der Waals surface area (Å²) >= 11 is 0. The molecule has 3 aliphatic carbocycles. The Morgan fingerprint density at radius 3 is 1.26 bits per heavy atom. The summed E-state index contributed by atoms with van der Waals surface area (Å²) in [7, 11) is 0. The second-order valence-electron chi connectivity index (χ2n) is 7.88. The van der Waals surface area contributed by atoms with E-state index in [9.17, 15) is 9.59 Å². The van der Waals surface area contributed by atoms with Gasteiger partial charge in [-0.05, 0) is 51.4 Å². The van der Waals surface area contributed by atoms with Crippen LogP contribution in [-0.4, -0.2) is 23.9 Å². The first-order valence-electron chi connectivity index (χ1n) is 9.83. The van der Waals surface area contributed by atoms with Gasteiger partial charge in [0.1, 0.15) is 0 Å². The predicted octanol–water partition coefficient (Wildman–Crippen LogP) is 3.30. The van der Waals surface area contributed by atoms with E-state index in [1.807, 2.05) is 0 Å². The van der Waals surface area contributed by atoms with Crippen LogP contribution in [0.2, 0.25) is 0 Å². The predicted molar refractivity (Wildman–Crippen MR) is 90.9 cm³/mol. The van der Waals surface area contributed by atoms with Crippen LogP contribution in [0.1, 0.15) is 83.5 Å². The Bertz CT molecular complexity index is 404. The fraction of sp³-hybridized carbons (Fsp3) is 0.895. The summed E-state index contributed by atoms with van der Waals surface area (Å²) in [4.78, 5) is 24.7. The number of carbonyl (C=O) groups excluding carboxylic acids is 2. The largest absolute Gasteiger partial charge is 0.353 e. The highest BCUT2D eigenvalue weighted by Gasteiger charge is 2.31. The van der Waals surface area contributed by atoms with Crippen LogP contribution in [0.4, 0.5) is 0 Å². The molecule has 0 radical (unpaired) electrons. The first-order chi connectivity index (χ1) is 11.2. The third kappa shape index (κ3) is 4.71. The lowest BCUT2D eigenvalue weighted by molar-refractivity contribution is -0.131. The van der Waals surface area contributed by atoms with Gasteiger partial charge in [-0.15, -0.1) is 0 Å². The Kier molecular flexibility index (Phi) is 5.96. The van der Waals surface area contributed by atoms with Gasteiger partial charge in [0.25, 0.3) is 0 Å². The average Bonchev–Trinajstić information content (AvgIpc) is 3.09.